The molecule has 3 aromatic rings. The van der Waals surface area contributed by atoms with Crippen LogP contribution in [0.4, 0.5) is 17.4 Å². The monoisotopic (exact) mass is 358 g/mol. The fourth-order valence-corrected chi connectivity index (χ4v) is 2.17. The number of ether oxygens (including phenoxy) is 1. The van der Waals surface area contributed by atoms with E-state index < -0.39 is 27.0 Å². The van der Waals surface area contributed by atoms with Crippen molar-refractivity contribution in [1.82, 2.24) is 4.98 Å². The molecule has 3 rings (SSSR count). The first kappa shape index (κ1) is 16.8. The molecule has 0 aliphatic heterocycles. The molecule has 0 radical (unpaired) electrons. The Morgan fingerprint density at radius 1 is 1.23 bits per heavy atom. The first-order valence-electron chi connectivity index (χ1n) is 7.03. The number of phenolic OH excluding ortho intramolecular Hbond substituents is 1. The van der Waals surface area contributed by atoms with E-state index >= 15 is 0 Å². The van der Waals surface area contributed by atoms with E-state index in [2.05, 4.69) is 9.98 Å². The Morgan fingerprint density at radius 2 is 2.00 bits per heavy atom. The number of non-ortho nitro benzene ring substituents is 1. The van der Waals surface area contributed by atoms with E-state index in [1.165, 1.54) is 7.11 Å². The van der Waals surface area contributed by atoms with Crippen LogP contribution in [0.25, 0.3) is 11.1 Å². The Hall–Kier alpha value is -4.02. The molecule has 0 aliphatic carbocycles. The quantitative estimate of drug-likeness (QED) is 0.414. The number of benzene rings is 2. The molecule has 0 spiro atoms. The third-order valence-electron chi connectivity index (χ3n) is 3.41. The minimum atomic E-state index is -0.925. The van der Waals surface area contributed by atoms with Crippen LogP contribution in [0.1, 0.15) is 5.56 Å². The summed E-state index contributed by atoms with van der Waals surface area (Å²) < 4.78 is 10.4. The van der Waals surface area contributed by atoms with Gasteiger partial charge in [0.2, 0.25) is 5.75 Å². The summed E-state index contributed by atoms with van der Waals surface area (Å²) in [5, 5.41) is 31.8. The number of aromatic hydroxyl groups is 1. The summed E-state index contributed by atoms with van der Waals surface area (Å²) >= 11 is 0. The number of aliphatic imine (C=N–C) groups is 1. The zero-order valence-corrected chi connectivity index (χ0v) is 13.1. The highest BCUT2D eigenvalue weighted by atomic mass is 16.6. The summed E-state index contributed by atoms with van der Waals surface area (Å²) in [4.78, 5) is 28.1. The minimum Gasteiger partial charge on any atom is -0.502 e. The van der Waals surface area contributed by atoms with Gasteiger partial charge in [-0.1, -0.05) is 0 Å². The molecular weight excluding hydrogens is 348 g/mol. The molecule has 1 aromatic heterocycles. The molecule has 0 saturated heterocycles. The predicted molar refractivity (Wildman–Crippen MR) is 89.2 cm³/mol. The molecule has 2 aromatic carbocycles. The maximum absolute atomic E-state index is 10.9. The lowest BCUT2D eigenvalue weighted by atomic mass is 10.1. The number of hydrogen-bond acceptors (Lipinski definition) is 9. The van der Waals surface area contributed by atoms with E-state index in [9.17, 15) is 25.3 Å². The Bertz CT molecular complexity index is 1060. The molecule has 0 bridgehead atoms. The zero-order chi connectivity index (χ0) is 18.8. The Labute approximate surface area is 144 Å². The molecule has 0 atom stereocenters. The lowest BCUT2D eigenvalue weighted by Gasteiger charge is -2.00. The lowest BCUT2D eigenvalue weighted by Crippen LogP contribution is -1.96. The molecule has 0 saturated carbocycles. The molecule has 26 heavy (non-hydrogen) atoms. The second-order valence-electron chi connectivity index (χ2n) is 5.01. The van der Waals surface area contributed by atoms with Gasteiger partial charge in [-0.2, -0.15) is 4.98 Å². The van der Waals surface area contributed by atoms with Gasteiger partial charge in [0.25, 0.3) is 5.69 Å². The van der Waals surface area contributed by atoms with Crippen molar-refractivity contribution >= 4 is 34.7 Å². The van der Waals surface area contributed by atoms with Crippen molar-refractivity contribution in [3.8, 4) is 11.5 Å². The van der Waals surface area contributed by atoms with Gasteiger partial charge in [-0.25, -0.2) is 4.99 Å². The smallest absolute Gasteiger partial charge is 0.322 e. The van der Waals surface area contributed by atoms with Crippen LogP contribution in [0.3, 0.4) is 0 Å². The second kappa shape index (κ2) is 6.47. The summed E-state index contributed by atoms with van der Waals surface area (Å²) in [7, 11) is 1.49. The number of hydrogen-bond donors (Lipinski definition) is 1. The van der Waals surface area contributed by atoms with Gasteiger partial charge >= 0.3 is 11.7 Å². The number of nitro groups is 2. The molecule has 11 nitrogen and oxygen atoms in total. The summed E-state index contributed by atoms with van der Waals surface area (Å²) in [6.45, 7) is 0. The van der Waals surface area contributed by atoms with Crippen molar-refractivity contribution in [3.05, 3.63) is 56.1 Å². The van der Waals surface area contributed by atoms with E-state index in [1.807, 2.05) is 0 Å². The fourth-order valence-electron chi connectivity index (χ4n) is 2.17. The third-order valence-corrected chi connectivity index (χ3v) is 3.41. The van der Waals surface area contributed by atoms with E-state index in [1.54, 1.807) is 18.2 Å². The van der Waals surface area contributed by atoms with Crippen molar-refractivity contribution in [1.29, 1.82) is 0 Å². The van der Waals surface area contributed by atoms with Gasteiger partial charge in [-0.15, -0.1) is 0 Å². The lowest BCUT2D eigenvalue weighted by molar-refractivity contribution is -0.394. The minimum absolute atomic E-state index is 0.0955. The summed E-state index contributed by atoms with van der Waals surface area (Å²) in [6, 6.07) is 6.44. The van der Waals surface area contributed by atoms with Crippen LogP contribution < -0.4 is 4.74 Å². The van der Waals surface area contributed by atoms with Crippen LogP contribution in [0.15, 0.2) is 39.7 Å². The number of nitro benzene ring substituents is 2. The van der Waals surface area contributed by atoms with Crippen molar-refractivity contribution in [2.75, 3.05) is 7.11 Å². The maximum Gasteiger partial charge on any atom is 0.322 e. The zero-order valence-electron chi connectivity index (χ0n) is 13.1. The number of methoxy groups -OCH3 is 1. The van der Waals surface area contributed by atoms with Gasteiger partial charge in [0.05, 0.1) is 23.0 Å². The van der Waals surface area contributed by atoms with Crippen LogP contribution in [-0.4, -0.2) is 33.3 Å². The Kier molecular flexibility index (Phi) is 4.19. The van der Waals surface area contributed by atoms with Gasteiger partial charge in [0.1, 0.15) is 11.3 Å². The van der Waals surface area contributed by atoms with Crippen LogP contribution in [0.5, 0.6) is 11.5 Å². The van der Waals surface area contributed by atoms with Gasteiger partial charge < -0.3 is 14.3 Å². The molecule has 11 heteroatoms. The summed E-state index contributed by atoms with van der Waals surface area (Å²) in [5.41, 5.74) is -0.690. The summed E-state index contributed by atoms with van der Waals surface area (Å²) in [6.07, 6.45) is 0.997. The van der Waals surface area contributed by atoms with Crippen LogP contribution in [0, 0.1) is 20.2 Å². The maximum atomic E-state index is 10.9. The average Bonchev–Trinajstić information content (AvgIpc) is 3.02. The number of aromatic nitrogens is 1. The number of fused-ring (bicyclic) bond motifs is 1. The van der Waals surface area contributed by atoms with Gasteiger partial charge in [-0.3, -0.25) is 20.2 Å². The molecule has 1 heterocycles. The highest BCUT2D eigenvalue weighted by Crippen LogP contribution is 2.34. The van der Waals surface area contributed by atoms with Gasteiger partial charge in [-0.05, 0) is 12.1 Å². The molecule has 0 fully saturated rings. The van der Waals surface area contributed by atoms with E-state index in [0.29, 0.717) is 22.9 Å². The number of phenols is 1. The van der Waals surface area contributed by atoms with Crippen LogP contribution in [-0.2, 0) is 0 Å². The SMILES string of the molecule is COc1ccc2nc(N=Cc3cc([N+](=O)[O-])cc([N+](=O)[O-])c3O)oc2c1. The molecule has 0 aliphatic rings. The van der Waals surface area contributed by atoms with Crippen molar-refractivity contribution < 1.29 is 24.1 Å². The molecule has 132 valence electrons. The highest BCUT2D eigenvalue weighted by molar-refractivity contribution is 5.88. The fraction of sp³-hybridized carbons (Fsp3) is 0.0667. The first-order valence-corrected chi connectivity index (χ1v) is 7.03. The molecule has 0 unspecified atom stereocenters. The number of oxazole rings is 1. The topological polar surface area (TPSA) is 154 Å². The highest BCUT2D eigenvalue weighted by Gasteiger charge is 2.23. The van der Waals surface area contributed by atoms with Crippen LogP contribution in [0.2, 0.25) is 0 Å². The predicted octanol–water partition coefficient (Wildman–Crippen LogP) is 3.11. The van der Waals surface area contributed by atoms with Crippen molar-refractivity contribution in [2.45, 2.75) is 0 Å². The first-order chi connectivity index (χ1) is 12.4. The van der Waals surface area contributed by atoms with Crippen LogP contribution >= 0.6 is 0 Å². The standard InChI is InChI=1S/C15H10N4O7/c1-25-10-2-3-11-13(6-10)26-15(17-11)16-7-8-4-9(18(21)22)5-12(14(8)20)19(23)24/h2-7,20H,1H3. The largest absolute Gasteiger partial charge is 0.502 e. The Morgan fingerprint density at radius 3 is 2.65 bits per heavy atom. The van der Waals surface area contributed by atoms with E-state index in [-0.39, 0.29) is 11.6 Å². The summed E-state index contributed by atoms with van der Waals surface area (Å²) in [5.74, 6) is -0.196. The van der Waals surface area contributed by atoms with E-state index in [4.69, 9.17) is 9.15 Å². The Balaban J connectivity index is 2.02. The average molecular weight is 358 g/mol. The van der Waals surface area contributed by atoms with E-state index in [0.717, 1.165) is 12.3 Å². The number of nitrogens with zero attached hydrogens (tertiary/aromatic N) is 4. The van der Waals surface area contributed by atoms with Crippen molar-refractivity contribution in [2.24, 2.45) is 4.99 Å². The van der Waals surface area contributed by atoms with Gasteiger partial charge in [0.15, 0.2) is 5.58 Å². The van der Waals surface area contributed by atoms with Crippen molar-refractivity contribution in [3.63, 3.8) is 0 Å². The second-order valence-corrected chi connectivity index (χ2v) is 5.01. The van der Waals surface area contributed by atoms with Gasteiger partial charge in [0, 0.05) is 23.9 Å². The molecular formula is C15H10N4O7. The number of rotatable bonds is 5. The molecule has 0 amide bonds. The normalized spacial score (nSPS) is 11.1. The third kappa shape index (κ3) is 3.13. The molecule has 1 N–H and O–H groups in total.